The lowest BCUT2D eigenvalue weighted by Crippen LogP contribution is -2.40. The van der Waals surface area contributed by atoms with Gasteiger partial charge in [-0.15, -0.1) is 0 Å². The van der Waals surface area contributed by atoms with Gasteiger partial charge in [-0.05, 0) is 44.7 Å². The summed E-state index contributed by atoms with van der Waals surface area (Å²) >= 11 is 0. The van der Waals surface area contributed by atoms with Crippen LogP contribution in [-0.2, 0) is 11.2 Å². The Kier molecular flexibility index (Phi) is 4.61. The third kappa shape index (κ3) is 3.42. The van der Waals surface area contributed by atoms with Crippen LogP contribution in [0.2, 0.25) is 0 Å². The van der Waals surface area contributed by atoms with Crippen LogP contribution in [-0.4, -0.2) is 34.8 Å². The molecule has 7 heteroatoms. The first-order valence-electron chi connectivity index (χ1n) is 9.37. The van der Waals surface area contributed by atoms with Gasteiger partial charge in [-0.2, -0.15) is 5.10 Å². The number of ether oxygens (including phenoxy) is 1. The van der Waals surface area contributed by atoms with Crippen LogP contribution in [0, 0.1) is 0 Å². The van der Waals surface area contributed by atoms with Gasteiger partial charge in [0.15, 0.2) is 0 Å². The molecule has 1 aromatic carbocycles. The molecular formula is C20H23F2N3O2. The standard InChI is InChI=1S/C20H23F2N3O2/c1-12-3-6-17-18(25(12)13(2)26)8-7-16(20(17)27-11-19(21)22)14-9-23-24(10-14)15-4-5-15/h7-10,12,15,19H,3-6,11H2,1-2H3/t12-/m0/s1. The van der Waals surface area contributed by atoms with Crippen molar-refractivity contribution < 1.29 is 18.3 Å². The second-order valence-corrected chi connectivity index (χ2v) is 7.36. The second-order valence-electron chi connectivity index (χ2n) is 7.36. The Balaban J connectivity index is 1.79. The van der Waals surface area contributed by atoms with Crippen LogP contribution in [0.3, 0.4) is 0 Å². The lowest BCUT2D eigenvalue weighted by molar-refractivity contribution is -0.117. The van der Waals surface area contributed by atoms with Crippen LogP contribution in [0.4, 0.5) is 14.5 Å². The Labute approximate surface area is 156 Å². The first-order chi connectivity index (χ1) is 13.0. The first-order valence-corrected chi connectivity index (χ1v) is 9.37. The monoisotopic (exact) mass is 375 g/mol. The molecule has 1 saturated carbocycles. The Bertz CT molecular complexity index is 861. The molecule has 0 saturated heterocycles. The Morgan fingerprint density at radius 3 is 2.78 bits per heavy atom. The molecule has 1 amide bonds. The number of halogens is 2. The third-order valence-corrected chi connectivity index (χ3v) is 5.27. The fraction of sp³-hybridized carbons (Fsp3) is 0.500. The molecule has 2 aliphatic rings. The zero-order chi connectivity index (χ0) is 19.1. The number of fused-ring (bicyclic) bond motifs is 1. The smallest absolute Gasteiger partial charge is 0.272 e. The molecular weight excluding hydrogens is 352 g/mol. The van der Waals surface area contributed by atoms with E-state index in [9.17, 15) is 13.6 Å². The van der Waals surface area contributed by atoms with Crippen molar-refractivity contribution in [3.63, 3.8) is 0 Å². The molecule has 1 aromatic heterocycles. The van der Waals surface area contributed by atoms with Crippen LogP contribution in [0.25, 0.3) is 11.1 Å². The predicted molar refractivity (Wildman–Crippen MR) is 98.4 cm³/mol. The van der Waals surface area contributed by atoms with Crippen LogP contribution in [0.15, 0.2) is 24.5 Å². The minimum Gasteiger partial charge on any atom is -0.487 e. The molecule has 5 nitrogen and oxygen atoms in total. The summed E-state index contributed by atoms with van der Waals surface area (Å²) in [5.74, 6) is 0.388. The van der Waals surface area contributed by atoms with Gasteiger partial charge in [0.1, 0.15) is 12.4 Å². The molecule has 1 aliphatic heterocycles. The summed E-state index contributed by atoms with van der Waals surface area (Å²) in [5, 5.41) is 4.41. The van der Waals surface area contributed by atoms with Crippen molar-refractivity contribution >= 4 is 11.6 Å². The minimum atomic E-state index is -2.56. The Morgan fingerprint density at radius 1 is 1.33 bits per heavy atom. The van der Waals surface area contributed by atoms with E-state index >= 15 is 0 Å². The highest BCUT2D eigenvalue weighted by atomic mass is 19.3. The van der Waals surface area contributed by atoms with Crippen molar-refractivity contribution in [3.8, 4) is 16.9 Å². The van der Waals surface area contributed by atoms with Gasteiger partial charge in [-0.3, -0.25) is 9.48 Å². The molecule has 0 unspecified atom stereocenters. The SMILES string of the molecule is CC(=O)N1c2ccc(-c3cnn(C4CC4)c3)c(OCC(F)F)c2CC[C@@H]1C. The van der Waals surface area contributed by atoms with Gasteiger partial charge in [0.25, 0.3) is 6.43 Å². The highest BCUT2D eigenvalue weighted by Gasteiger charge is 2.31. The fourth-order valence-corrected chi connectivity index (χ4v) is 3.84. The quantitative estimate of drug-likeness (QED) is 0.786. The number of benzene rings is 1. The number of anilines is 1. The van der Waals surface area contributed by atoms with E-state index in [0.29, 0.717) is 18.2 Å². The van der Waals surface area contributed by atoms with Gasteiger partial charge in [-0.25, -0.2) is 8.78 Å². The summed E-state index contributed by atoms with van der Waals surface area (Å²) in [6.07, 6.45) is 4.82. The van der Waals surface area contributed by atoms with E-state index in [2.05, 4.69) is 5.10 Å². The third-order valence-electron chi connectivity index (χ3n) is 5.27. The molecule has 2 aromatic rings. The van der Waals surface area contributed by atoms with Crippen molar-refractivity contribution in [1.29, 1.82) is 0 Å². The largest absolute Gasteiger partial charge is 0.487 e. The minimum absolute atomic E-state index is 0.0578. The Morgan fingerprint density at radius 2 is 2.11 bits per heavy atom. The second kappa shape index (κ2) is 6.94. The molecule has 1 fully saturated rings. The van der Waals surface area contributed by atoms with Gasteiger partial charge in [-0.1, -0.05) is 0 Å². The summed E-state index contributed by atoms with van der Waals surface area (Å²) in [4.78, 5) is 13.9. The number of hydrogen-bond acceptors (Lipinski definition) is 3. The van der Waals surface area contributed by atoms with Gasteiger partial charge in [0.2, 0.25) is 5.91 Å². The number of aromatic nitrogens is 2. The highest BCUT2D eigenvalue weighted by Crippen LogP contribution is 2.44. The topological polar surface area (TPSA) is 47.4 Å². The fourth-order valence-electron chi connectivity index (χ4n) is 3.84. The maximum atomic E-state index is 12.9. The van der Waals surface area contributed by atoms with E-state index in [1.165, 1.54) is 6.92 Å². The molecule has 0 bridgehead atoms. The Hall–Kier alpha value is -2.44. The van der Waals surface area contributed by atoms with Crippen molar-refractivity contribution in [1.82, 2.24) is 9.78 Å². The van der Waals surface area contributed by atoms with Crippen molar-refractivity contribution in [2.75, 3.05) is 11.5 Å². The molecule has 0 N–H and O–H groups in total. The zero-order valence-electron chi connectivity index (χ0n) is 15.5. The van der Waals surface area contributed by atoms with E-state index < -0.39 is 13.0 Å². The van der Waals surface area contributed by atoms with Gasteiger partial charge < -0.3 is 9.64 Å². The molecule has 0 spiro atoms. The highest BCUT2D eigenvalue weighted by molar-refractivity contribution is 5.95. The van der Waals surface area contributed by atoms with E-state index in [1.54, 1.807) is 11.1 Å². The predicted octanol–water partition coefficient (Wildman–Crippen LogP) is 4.22. The summed E-state index contributed by atoms with van der Waals surface area (Å²) in [6, 6.07) is 4.25. The van der Waals surface area contributed by atoms with Crippen LogP contribution in [0.1, 0.15) is 44.7 Å². The van der Waals surface area contributed by atoms with E-state index in [1.807, 2.05) is 29.9 Å². The van der Waals surface area contributed by atoms with Crippen LogP contribution in [0.5, 0.6) is 5.75 Å². The lowest BCUT2D eigenvalue weighted by atomic mass is 9.92. The maximum absolute atomic E-state index is 12.9. The number of nitrogens with zero attached hydrogens (tertiary/aromatic N) is 3. The molecule has 27 heavy (non-hydrogen) atoms. The molecule has 1 atom stereocenters. The molecule has 1 aliphatic carbocycles. The number of carbonyl (C=O) groups is 1. The number of amides is 1. The van der Waals surface area contributed by atoms with Gasteiger partial charge in [0, 0.05) is 35.9 Å². The lowest BCUT2D eigenvalue weighted by Gasteiger charge is -2.36. The number of hydrogen-bond donors (Lipinski definition) is 0. The molecule has 2 heterocycles. The van der Waals surface area contributed by atoms with E-state index in [-0.39, 0.29) is 11.9 Å². The van der Waals surface area contributed by atoms with Crippen molar-refractivity contribution in [3.05, 3.63) is 30.1 Å². The van der Waals surface area contributed by atoms with Crippen molar-refractivity contribution in [2.24, 2.45) is 0 Å². The average Bonchev–Trinajstić information content (AvgIpc) is 3.36. The molecule has 144 valence electrons. The van der Waals surface area contributed by atoms with Crippen LogP contribution >= 0.6 is 0 Å². The number of carbonyl (C=O) groups excluding carboxylic acids is 1. The van der Waals surface area contributed by atoms with Gasteiger partial charge in [0.05, 0.1) is 17.9 Å². The zero-order valence-corrected chi connectivity index (χ0v) is 15.5. The average molecular weight is 375 g/mol. The van der Waals surface area contributed by atoms with Gasteiger partial charge >= 0.3 is 0 Å². The van der Waals surface area contributed by atoms with Crippen LogP contribution < -0.4 is 9.64 Å². The summed E-state index contributed by atoms with van der Waals surface area (Å²) < 4.78 is 33.2. The normalized spacial score (nSPS) is 19.3. The summed E-state index contributed by atoms with van der Waals surface area (Å²) in [7, 11) is 0. The summed E-state index contributed by atoms with van der Waals surface area (Å²) in [5.41, 5.74) is 3.17. The van der Waals surface area contributed by atoms with Crippen molar-refractivity contribution in [2.45, 2.75) is 58.0 Å². The number of alkyl halides is 2. The molecule has 4 rings (SSSR count). The van der Waals surface area contributed by atoms with E-state index in [0.717, 1.165) is 41.6 Å². The summed E-state index contributed by atoms with van der Waals surface area (Å²) in [6.45, 7) is 2.85. The molecule has 0 radical (unpaired) electrons. The first kappa shape index (κ1) is 17.9. The number of rotatable bonds is 5. The maximum Gasteiger partial charge on any atom is 0.272 e. The van der Waals surface area contributed by atoms with E-state index in [4.69, 9.17) is 4.74 Å².